The summed E-state index contributed by atoms with van der Waals surface area (Å²) in [5, 5.41) is 0. The van der Waals surface area contributed by atoms with E-state index in [2.05, 4.69) is 11.5 Å². The molecule has 0 aromatic carbocycles. The van der Waals surface area contributed by atoms with Gasteiger partial charge in [0.05, 0.1) is 5.55 Å². The van der Waals surface area contributed by atoms with Crippen LogP contribution in [0.15, 0.2) is 4.99 Å². The molecule has 1 atom stereocenters. The van der Waals surface area contributed by atoms with Crippen molar-refractivity contribution in [2.45, 2.75) is 5.44 Å². The lowest BCUT2D eigenvalue weighted by Crippen LogP contribution is -1.98. The van der Waals surface area contributed by atoms with Crippen LogP contribution in [-0.2, 0) is 4.74 Å². The molecule has 0 bridgehead atoms. The second-order valence-electron chi connectivity index (χ2n) is 1.07. The van der Waals surface area contributed by atoms with Crippen molar-refractivity contribution in [2.24, 2.45) is 4.99 Å². The highest BCUT2D eigenvalue weighted by Gasteiger charge is 2.10. The lowest BCUT2D eigenvalue weighted by atomic mass is 10.7. The molecule has 0 saturated heterocycles. The largest absolute Gasteiger partial charge is 0.368 e. The number of methoxy groups -OCH3 is 1. The van der Waals surface area contributed by atoms with Crippen molar-refractivity contribution in [3.63, 3.8) is 0 Å². The number of ether oxygens (including phenoxy) is 1. The molecule has 1 aliphatic heterocycles. The molecule has 1 unspecified atom stereocenters. The van der Waals surface area contributed by atoms with Gasteiger partial charge in [-0.05, 0) is 0 Å². The predicted octanol–water partition coefficient (Wildman–Crippen LogP) is 0.773. The molecule has 2 radical (unpaired) electrons. The van der Waals surface area contributed by atoms with Crippen LogP contribution in [0.3, 0.4) is 0 Å². The minimum atomic E-state index is 0.0417. The quantitative estimate of drug-likeness (QED) is 0.503. The van der Waals surface area contributed by atoms with E-state index < -0.39 is 0 Å². The number of aliphatic imine (C=N–C) groups is 1. The normalized spacial score (nSPS) is 29.0. The summed E-state index contributed by atoms with van der Waals surface area (Å²) < 4.78 is 4.84. The van der Waals surface area contributed by atoms with Crippen molar-refractivity contribution in [2.75, 3.05) is 7.11 Å². The van der Waals surface area contributed by atoms with Crippen LogP contribution in [0.4, 0.5) is 0 Å². The van der Waals surface area contributed by atoms with Crippen LogP contribution in [0.1, 0.15) is 0 Å². The summed E-state index contributed by atoms with van der Waals surface area (Å²) in [6, 6.07) is 0. The molecule has 0 aliphatic carbocycles. The van der Waals surface area contributed by atoms with Gasteiger partial charge in [0.2, 0.25) is 0 Å². The molecule has 0 saturated carbocycles. The van der Waals surface area contributed by atoms with Crippen LogP contribution in [0, 0.1) is 6.54 Å². The fourth-order valence-corrected chi connectivity index (χ4v) is 0.781. The fourth-order valence-electron chi connectivity index (χ4n) is 0.316. The van der Waals surface area contributed by atoms with Gasteiger partial charge in [-0.3, -0.25) is 4.99 Å². The molecule has 0 amide bonds. The highest BCUT2D eigenvalue weighted by atomic mass is 32.2. The van der Waals surface area contributed by atoms with Crippen LogP contribution in [0.25, 0.3) is 0 Å². The van der Waals surface area contributed by atoms with Crippen molar-refractivity contribution in [3.05, 3.63) is 6.54 Å². The van der Waals surface area contributed by atoms with Crippen molar-refractivity contribution in [1.82, 2.24) is 0 Å². The Bertz CT molecular complexity index is 75.8. The highest BCUT2D eigenvalue weighted by molar-refractivity contribution is 8.12. The summed E-state index contributed by atoms with van der Waals surface area (Å²) in [7, 11) is 1.64. The topological polar surface area (TPSA) is 21.6 Å². The molecule has 2 nitrogen and oxygen atoms in total. The van der Waals surface area contributed by atoms with E-state index in [0.717, 1.165) is 0 Å². The molecule has 0 N–H and O–H groups in total. The first-order valence-electron chi connectivity index (χ1n) is 1.89. The van der Waals surface area contributed by atoms with Gasteiger partial charge in [0.25, 0.3) is 0 Å². The lowest BCUT2D eigenvalue weighted by Gasteiger charge is -1.98. The van der Waals surface area contributed by atoms with E-state index in [0.29, 0.717) is 0 Å². The standard InChI is InChI=1S/C4H5NOS/c1-6-4-2-5-3-7-4/h3-4H,1H3. The van der Waals surface area contributed by atoms with Crippen LogP contribution in [0.5, 0.6) is 0 Å². The van der Waals surface area contributed by atoms with Gasteiger partial charge in [-0.2, -0.15) is 0 Å². The monoisotopic (exact) mass is 115 g/mol. The number of hydrogen-bond acceptors (Lipinski definition) is 3. The Labute approximate surface area is 47.0 Å². The zero-order valence-electron chi connectivity index (χ0n) is 3.92. The first-order valence-corrected chi connectivity index (χ1v) is 2.83. The number of rotatable bonds is 1. The van der Waals surface area contributed by atoms with E-state index in [4.69, 9.17) is 4.74 Å². The summed E-state index contributed by atoms with van der Waals surface area (Å²) in [5.74, 6) is 0. The molecule has 1 heterocycles. The van der Waals surface area contributed by atoms with Gasteiger partial charge < -0.3 is 4.74 Å². The molecule has 0 fully saturated rings. The van der Waals surface area contributed by atoms with Crippen molar-refractivity contribution >= 4 is 17.3 Å². The van der Waals surface area contributed by atoms with Gasteiger partial charge in [-0.15, -0.1) is 0 Å². The van der Waals surface area contributed by atoms with Crippen molar-refractivity contribution in [3.8, 4) is 0 Å². The summed E-state index contributed by atoms with van der Waals surface area (Å²) in [4.78, 5) is 3.70. The average Bonchev–Trinajstić information content (AvgIpc) is 2.14. The van der Waals surface area contributed by atoms with Crippen molar-refractivity contribution < 1.29 is 4.74 Å². The Morgan fingerprint density at radius 1 is 2.00 bits per heavy atom. The summed E-state index contributed by atoms with van der Waals surface area (Å²) in [6.45, 7) is 2.72. The Morgan fingerprint density at radius 3 is 3.14 bits per heavy atom. The van der Waals surface area contributed by atoms with Gasteiger partial charge in [0.15, 0.2) is 6.54 Å². The third-order valence-electron chi connectivity index (χ3n) is 0.631. The Kier molecular flexibility index (Phi) is 1.70. The molecule has 3 heteroatoms. The molecular formula is C4H5NOS. The highest BCUT2D eigenvalue weighted by Crippen LogP contribution is 2.17. The fraction of sp³-hybridized carbons (Fsp3) is 0.500. The Morgan fingerprint density at radius 2 is 2.86 bits per heavy atom. The molecule has 1 rings (SSSR count). The second-order valence-corrected chi connectivity index (χ2v) is 1.98. The Hall–Kier alpha value is -0.0200. The minimum absolute atomic E-state index is 0.0417. The van der Waals surface area contributed by atoms with E-state index in [9.17, 15) is 0 Å². The predicted molar refractivity (Wildman–Crippen MR) is 30.1 cm³/mol. The van der Waals surface area contributed by atoms with Crippen LogP contribution in [-0.4, -0.2) is 18.1 Å². The lowest BCUT2D eigenvalue weighted by molar-refractivity contribution is 0.198. The number of hydrogen-bond donors (Lipinski definition) is 0. The molecule has 38 valence electrons. The molecule has 0 aromatic rings. The van der Waals surface area contributed by atoms with Gasteiger partial charge >= 0.3 is 0 Å². The SMILES string of the molecule is COC1[C]N=CS1. The van der Waals surface area contributed by atoms with Crippen LogP contribution >= 0.6 is 11.8 Å². The first kappa shape index (κ1) is 5.12. The smallest absolute Gasteiger partial charge is 0.159 e. The number of thioether (sulfide) groups is 1. The Balaban J connectivity index is 2.22. The maximum absolute atomic E-state index is 4.84. The number of nitrogens with zero attached hydrogens (tertiary/aromatic N) is 1. The maximum atomic E-state index is 4.84. The molecule has 0 spiro atoms. The molecule has 0 aromatic heterocycles. The first-order chi connectivity index (χ1) is 3.43. The van der Waals surface area contributed by atoms with Gasteiger partial charge in [-0.25, -0.2) is 0 Å². The van der Waals surface area contributed by atoms with E-state index in [1.165, 1.54) is 11.8 Å². The van der Waals surface area contributed by atoms with E-state index >= 15 is 0 Å². The maximum Gasteiger partial charge on any atom is 0.159 e. The minimum Gasteiger partial charge on any atom is -0.368 e. The third kappa shape index (κ3) is 1.17. The van der Waals surface area contributed by atoms with Gasteiger partial charge in [0, 0.05) is 7.11 Å². The van der Waals surface area contributed by atoms with Crippen molar-refractivity contribution in [1.29, 1.82) is 0 Å². The van der Waals surface area contributed by atoms with Gasteiger partial charge in [0.1, 0.15) is 5.44 Å². The summed E-state index contributed by atoms with van der Waals surface area (Å²) >= 11 is 1.52. The zero-order chi connectivity index (χ0) is 5.11. The van der Waals surface area contributed by atoms with Gasteiger partial charge in [-0.1, -0.05) is 11.8 Å². The zero-order valence-corrected chi connectivity index (χ0v) is 4.73. The summed E-state index contributed by atoms with van der Waals surface area (Å²) in [5.41, 5.74) is 1.76. The molecule has 7 heavy (non-hydrogen) atoms. The molecular weight excluding hydrogens is 110 g/mol. The third-order valence-corrected chi connectivity index (χ3v) is 1.40. The van der Waals surface area contributed by atoms with E-state index in [-0.39, 0.29) is 5.44 Å². The van der Waals surface area contributed by atoms with E-state index in [1.807, 2.05) is 0 Å². The average molecular weight is 115 g/mol. The summed E-state index contributed by atoms with van der Waals surface area (Å²) in [6.07, 6.45) is 0. The van der Waals surface area contributed by atoms with E-state index in [1.54, 1.807) is 12.7 Å². The molecule has 1 aliphatic rings. The van der Waals surface area contributed by atoms with Crippen LogP contribution < -0.4 is 0 Å². The van der Waals surface area contributed by atoms with Crippen LogP contribution in [0.2, 0.25) is 0 Å². The second kappa shape index (κ2) is 2.33.